The van der Waals surface area contributed by atoms with Crippen molar-refractivity contribution in [3.63, 3.8) is 0 Å². The molecule has 1 N–H and O–H groups in total. The maximum absolute atomic E-state index is 12.6. The largest absolute Gasteiger partial charge is 0.324 e. The van der Waals surface area contributed by atoms with Gasteiger partial charge in [0.05, 0.1) is 16.6 Å². The standard InChI is InChI=1S/C20H20Cl2N2O2/c1-12(2)13-3-6-16(7-4-13)24-11-14(9-19(24)25)20(26)23-18-10-15(21)5-8-17(18)22/h3-8,10,12,14H,9,11H2,1-2H3,(H,23,26). The molecule has 26 heavy (non-hydrogen) atoms. The molecule has 1 fully saturated rings. The Hall–Kier alpha value is -2.04. The predicted molar refractivity (Wildman–Crippen MR) is 106 cm³/mol. The summed E-state index contributed by atoms with van der Waals surface area (Å²) in [7, 11) is 0. The van der Waals surface area contributed by atoms with Crippen molar-refractivity contribution in [1.82, 2.24) is 0 Å². The van der Waals surface area contributed by atoms with E-state index in [-0.39, 0.29) is 18.2 Å². The fraction of sp³-hybridized carbons (Fsp3) is 0.300. The Bertz CT molecular complexity index is 834. The molecule has 136 valence electrons. The third-order valence-corrected chi connectivity index (χ3v) is 5.12. The van der Waals surface area contributed by atoms with Crippen LogP contribution >= 0.6 is 23.2 Å². The topological polar surface area (TPSA) is 49.4 Å². The van der Waals surface area contributed by atoms with Gasteiger partial charge in [-0.2, -0.15) is 0 Å². The summed E-state index contributed by atoms with van der Waals surface area (Å²) in [5, 5.41) is 3.67. The molecule has 0 bridgehead atoms. The molecule has 1 unspecified atom stereocenters. The second-order valence-electron chi connectivity index (χ2n) is 6.77. The molecule has 0 aromatic heterocycles. The number of hydrogen-bond donors (Lipinski definition) is 1. The van der Waals surface area contributed by atoms with Crippen LogP contribution in [0.5, 0.6) is 0 Å². The molecule has 2 aromatic rings. The first-order chi connectivity index (χ1) is 12.3. The minimum atomic E-state index is -0.428. The summed E-state index contributed by atoms with van der Waals surface area (Å²) < 4.78 is 0. The molecular weight excluding hydrogens is 371 g/mol. The van der Waals surface area contributed by atoms with Gasteiger partial charge in [0.25, 0.3) is 0 Å². The second kappa shape index (κ2) is 7.68. The molecule has 6 heteroatoms. The minimum absolute atomic E-state index is 0.0559. The van der Waals surface area contributed by atoms with Crippen molar-refractivity contribution < 1.29 is 9.59 Å². The van der Waals surface area contributed by atoms with Crippen LogP contribution in [0.2, 0.25) is 10.0 Å². The number of carbonyl (C=O) groups excluding carboxylic acids is 2. The highest BCUT2D eigenvalue weighted by molar-refractivity contribution is 6.35. The van der Waals surface area contributed by atoms with Crippen molar-refractivity contribution >= 4 is 46.4 Å². The summed E-state index contributed by atoms with van der Waals surface area (Å²) in [4.78, 5) is 26.6. The van der Waals surface area contributed by atoms with Gasteiger partial charge in [0, 0.05) is 23.7 Å². The lowest BCUT2D eigenvalue weighted by atomic mass is 10.0. The molecule has 0 aliphatic carbocycles. The van der Waals surface area contributed by atoms with Crippen molar-refractivity contribution in [2.24, 2.45) is 5.92 Å². The van der Waals surface area contributed by atoms with E-state index in [9.17, 15) is 9.59 Å². The molecule has 1 atom stereocenters. The Morgan fingerprint density at radius 1 is 1.15 bits per heavy atom. The third kappa shape index (κ3) is 4.02. The van der Waals surface area contributed by atoms with Crippen molar-refractivity contribution in [1.29, 1.82) is 0 Å². The maximum atomic E-state index is 12.6. The third-order valence-electron chi connectivity index (χ3n) is 4.55. The Morgan fingerprint density at radius 2 is 1.85 bits per heavy atom. The van der Waals surface area contributed by atoms with Crippen LogP contribution in [-0.2, 0) is 9.59 Å². The number of anilines is 2. The first-order valence-corrected chi connectivity index (χ1v) is 9.27. The molecule has 3 rings (SSSR count). The van der Waals surface area contributed by atoms with Crippen LogP contribution in [0.4, 0.5) is 11.4 Å². The molecule has 0 spiro atoms. The average Bonchev–Trinajstić information content (AvgIpc) is 3.00. The van der Waals surface area contributed by atoms with Gasteiger partial charge in [-0.3, -0.25) is 9.59 Å². The SMILES string of the molecule is CC(C)c1ccc(N2CC(C(=O)Nc3cc(Cl)ccc3Cl)CC2=O)cc1. The summed E-state index contributed by atoms with van der Waals surface area (Å²) in [5.41, 5.74) is 2.48. The highest BCUT2D eigenvalue weighted by Crippen LogP contribution is 2.29. The van der Waals surface area contributed by atoms with Gasteiger partial charge >= 0.3 is 0 Å². The summed E-state index contributed by atoms with van der Waals surface area (Å²) >= 11 is 12.0. The van der Waals surface area contributed by atoms with Crippen LogP contribution in [0.25, 0.3) is 0 Å². The number of hydrogen-bond acceptors (Lipinski definition) is 2. The average molecular weight is 391 g/mol. The fourth-order valence-electron chi connectivity index (χ4n) is 3.00. The van der Waals surface area contributed by atoms with Gasteiger partial charge in [-0.05, 0) is 41.8 Å². The summed E-state index contributed by atoms with van der Waals surface area (Å²) in [6.45, 7) is 4.60. The zero-order valence-corrected chi connectivity index (χ0v) is 16.1. The molecule has 2 amide bonds. The summed E-state index contributed by atoms with van der Waals surface area (Å²) in [5.74, 6) is -0.287. The maximum Gasteiger partial charge on any atom is 0.229 e. The molecule has 1 saturated heterocycles. The molecule has 2 aromatic carbocycles. The second-order valence-corrected chi connectivity index (χ2v) is 7.61. The summed E-state index contributed by atoms with van der Waals surface area (Å²) in [6, 6.07) is 12.8. The molecule has 1 aliphatic heterocycles. The Kier molecular flexibility index (Phi) is 5.54. The van der Waals surface area contributed by atoms with Gasteiger partial charge < -0.3 is 10.2 Å². The van der Waals surface area contributed by atoms with Crippen molar-refractivity contribution in [3.05, 3.63) is 58.1 Å². The summed E-state index contributed by atoms with van der Waals surface area (Å²) in [6.07, 6.45) is 0.177. The van der Waals surface area contributed by atoms with E-state index in [0.29, 0.717) is 28.2 Å². The van der Waals surface area contributed by atoms with Crippen LogP contribution in [0, 0.1) is 5.92 Å². The van der Waals surface area contributed by atoms with Crippen LogP contribution in [0.15, 0.2) is 42.5 Å². The number of amides is 2. The number of carbonyl (C=O) groups is 2. The zero-order chi connectivity index (χ0) is 18.8. The number of halogens is 2. The first-order valence-electron chi connectivity index (χ1n) is 8.51. The lowest BCUT2D eigenvalue weighted by molar-refractivity contribution is -0.122. The Labute approximate surface area is 163 Å². The van der Waals surface area contributed by atoms with E-state index >= 15 is 0 Å². The lowest BCUT2D eigenvalue weighted by Gasteiger charge is -2.18. The normalized spacial score (nSPS) is 17.0. The van der Waals surface area contributed by atoms with Crippen molar-refractivity contribution in [3.8, 4) is 0 Å². The van der Waals surface area contributed by atoms with Crippen molar-refractivity contribution in [2.45, 2.75) is 26.2 Å². The van der Waals surface area contributed by atoms with E-state index in [4.69, 9.17) is 23.2 Å². The minimum Gasteiger partial charge on any atom is -0.324 e. The van der Waals surface area contributed by atoms with E-state index in [1.165, 1.54) is 5.56 Å². The highest BCUT2D eigenvalue weighted by Gasteiger charge is 2.35. The van der Waals surface area contributed by atoms with Gasteiger partial charge in [-0.1, -0.05) is 49.2 Å². The van der Waals surface area contributed by atoms with Crippen molar-refractivity contribution in [2.75, 3.05) is 16.8 Å². The fourth-order valence-corrected chi connectivity index (χ4v) is 3.34. The highest BCUT2D eigenvalue weighted by atomic mass is 35.5. The number of benzene rings is 2. The van der Waals surface area contributed by atoms with E-state index in [1.807, 2.05) is 24.3 Å². The molecule has 0 saturated carbocycles. The van der Waals surface area contributed by atoms with Gasteiger partial charge in [0.1, 0.15) is 0 Å². The number of nitrogens with one attached hydrogen (secondary N) is 1. The van der Waals surface area contributed by atoms with Crippen LogP contribution in [-0.4, -0.2) is 18.4 Å². The molecule has 0 radical (unpaired) electrons. The van der Waals surface area contributed by atoms with Gasteiger partial charge in [0.15, 0.2) is 0 Å². The van der Waals surface area contributed by atoms with Crippen LogP contribution in [0.1, 0.15) is 31.7 Å². The Balaban J connectivity index is 1.70. The zero-order valence-electron chi connectivity index (χ0n) is 14.6. The number of rotatable bonds is 4. The Morgan fingerprint density at radius 3 is 2.50 bits per heavy atom. The smallest absolute Gasteiger partial charge is 0.229 e. The predicted octanol–water partition coefficient (Wildman–Crippen LogP) is 5.11. The molecule has 1 heterocycles. The molecule has 1 aliphatic rings. The van der Waals surface area contributed by atoms with Crippen LogP contribution in [0.3, 0.4) is 0 Å². The van der Waals surface area contributed by atoms with Gasteiger partial charge in [-0.15, -0.1) is 0 Å². The lowest BCUT2D eigenvalue weighted by Crippen LogP contribution is -2.28. The van der Waals surface area contributed by atoms with E-state index in [0.717, 1.165) is 5.69 Å². The quantitative estimate of drug-likeness (QED) is 0.788. The first kappa shape index (κ1) is 18.7. The van der Waals surface area contributed by atoms with Gasteiger partial charge in [-0.25, -0.2) is 0 Å². The van der Waals surface area contributed by atoms with E-state index < -0.39 is 5.92 Å². The molecule has 4 nitrogen and oxygen atoms in total. The van der Waals surface area contributed by atoms with E-state index in [1.54, 1.807) is 23.1 Å². The van der Waals surface area contributed by atoms with Crippen LogP contribution < -0.4 is 10.2 Å². The van der Waals surface area contributed by atoms with E-state index in [2.05, 4.69) is 19.2 Å². The van der Waals surface area contributed by atoms with Gasteiger partial charge in [0.2, 0.25) is 11.8 Å². The molecular formula is C20H20Cl2N2O2. The number of nitrogens with zero attached hydrogens (tertiary/aromatic N) is 1. The monoisotopic (exact) mass is 390 g/mol.